The number of carbonyl (C=O) groups excluding carboxylic acids is 3. The predicted molar refractivity (Wildman–Crippen MR) is 120 cm³/mol. The molecule has 0 aliphatic heterocycles. The van der Waals surface area contributed by atoms with Crippen LogP contribution in [-0.4, -0.2) is 35.3 Å². The van der Waals surface area contributed by atoms with E-state index in [1.807, 2.05) is 0 Å². The van der Waals surface area contributed by atoms with Gasteiger partial charge >= 0.3 is 5.97 Å². The zero-order valence-corrected chi connectivity index (χ0v) is 18.5. The van der Waals surface area contributed by atoms with E-state index < -0.39 is 12.6 Å². The van der Waals surface area contributed by atoms with E-state index in [0.717, 1.165) is 43.2 Å². The van der Waals surface area contributed by atoms with Crippen molar-refractivity contribution in [2.24, 2.45) is 0 Å². The Hall–Kier alpha value is -3.22. The number of amides is 2. The summed E-state index contributed by atoms with van der Waals surface area (Å²) in [6.07, 6.45) is 5.02. The third-order valence-corrected chi connectivity index (χ3v) is 5.72. The normalized spacial score (nSPS) is 14.0. The average Bonchev–Trinajstić information content (AvgIpc) is 2.78. The van der Waals surface area contributed by atoms with Gasteiger partial charge in [-0.1, -0.05) is 43.5 Å². The van der Waals surface area contributed by atoms with Crippen LogP contribution in [0.2, 0.25) is 0 Å². The van der Waals surface area contributed by atoms with E-state index in [0.29, 0.717) is 12.2 Å². The van der Waals surface area contributed by atoms with Gasteiger partial charge in [-0.2, -0.15) is 0 Å². The first-order valence-electron chi connectivity index (χ1n) is 10.9. The summed E-state index contributed by atoms with van der Waals surface area (Å²) < 4.78 is 18.6. The van der Waals surface area contributed by atoms with Crippen LogP contribution in [0.25, 0.3) is 0 Å². The Morgan fingerprint density at radius 1 is 1.06 bits per heavy atom. The second kappa shape index (κ2) is 10.9. The summed E-state index contributed by atoms with van der Waals surface area (Å²) in [5, 5.41) is 2.66. The van der Waals surface area contributed by atoms with Crippen molar-refractivity contribution in [3.05, 3.63) is 65.0 Å². The number of benzene rings is 2. The van der Waals surface area contributed by atoms with Gasteiger partial charge in [-0.05, 0) is 49.1 Å². The standard InChI is InChI=1S/C25H29FN2O4/c1-17-7-6-10-22(24(17)27-18(2)29)25(31)32-16-23(30)28(21-8-4-3-5-9-21)15-19-11-13-20(26)14-12-19/h6-7,10-14,21H,3-5,8-9,15-16H2,1-2H3,(H,27,29). The van der Waals surface area contributed by atoms with Gasteiger partial charge in [0.2, 0.25) is 5.91 Å². The molecule has 0 saturated heterocycles. The number of hydrogen-bond acceptors (Lipinski definition) is 4. The first-order chi connectivity index (χ1) is 15.3. The van der Waals surface area contributed by atoms with Crippen LogP contribution >= 0.6 is 0 Å². The molecule has 1 aliphatic carbocycles. The van der Waals surface area contributed by atoms with E-state index in [9.17, 15) is 18.8 Å². The lowest BCUT2D eigenvalue weighted by atomic mass is 9.93. The fourth-order valence-corrected chi connectivity index (χ4v) is 4.07. The summed E-state index contributed by atoms with van der Waals surface area (Å²) in [5.41, 5.74) is 2.13. The number of aryl methyl sites for hydroxylation is 1. The fraction of sp³-hybridized carbons (Fsp3) is 0.400. The van der Waals surface area contributed by atoms with Crippen LogP contribution in [0.1, 0.15) is 60.5 Å². The maximum atomic E-state index is 13.3. The van der Waals surface area contributed by atoms with Crippen molar-refractivity contribution in [3.8, 4) is 0 Å². The second-order valence-corrected chi connectivity index (χ2v) is 8.19. The summed E-state index contributed by atoms with van der Waals surface area (Å²) >= 11 is 0. The maximum absolute atomic E-state index is 13.3. The molecule has 0 bridgehead atoms. The van der Waals surface area contributed by atoms with Crippen molar-refractivity contribution >= 4 is 23.5 Å². The van der Waals surface area contributed by atoms with Crippen LogP contribution in [0.3, 0.4) is 0 Å². The zero-order chi connectivity index (χ0) is 23.1. The molecule has 2 aromatic rings. The van der Waals surface area contributed by atoms with E-state index in [4.69, 9.17) is 4.74 Å². The third-order valence-electron chi connectivity index (χ3n) is 5.72. The van der Waals surface area contributed by atoms with Crippen molar-refractivity contribution in [1.82, 2.24) is 4.90 Å². The highest BCUT2D eigenvalue weighted by Gasteiger charge is 2.27. The third kappa shape index (κ3) is 6.15. The lowest BCUT2D eigenvalue weighted by Gasteiger charge is -2.34. The van der Waals surface area contributed by atoms with Gasteiger partial charge in [0, 0.05) is 19.5 Å². The van der Waals surface area contributed by atoms with Crippen LogP contribution in [0.5, 0.6) is 0 Å². The Morgan fingerprint density at radius 3 is 2.41 bits per heavy atom. The van der Waals surface area contributed by atoms with Gasteiger partial charge in [-0.3, -0.25) is 9.59 Å². The number of rotatable bonds is 7. The fourth-order valence-electron chi connectivity index (χ4n) is 4.07. The summed E-state index contributed by atoms with van der Waals surface area (Å²) in [6, 6.07) is 11.2. The Morgan fingerprint density at radius 2 is 1.75 bits per heavy atom. The van der Waals surface area contributed by atoms with Gasteiger partial charge in [0.05, 0.1) is 11.3 Å². The number of ether oxygens (including phenoxy) is 1. The number of nitrogens with one attached hydrogen (secondary N) is 1. The van der Waals surface area contributed by atoms with Crippen LogP contribution in [0, 0.1) is 12.7 Å². The molecule has 2 amide bonds. The molecule has 0 spiro atoms. The minimum absolute atomic E-state index is 0.0638. The summed E-state index contributed by atoms with van der Waals surface area (Å²) in [7, 11) is 0. The Balaban J connectivity index is 1.72. The maximum Gasteiger partial charge on any atom is 0.340 e. The molecule has 32 heavy (non-hydrogen) atoms. The number of nitrogens with zero attached hydrogens (tertiary/aromatic N) is 1. The molecule has 2 aromatic carbocycles. The Bertz CT molecular complexity index is 968. The van der Waals surface area contributed by atoms with Gasteiger partial charge in [-0.15, -0.1) is 0 Å². The first kappa shape index (κ1) is 23.4. The number of hydrogen-bond donors (Lipinski definition) is 1. The van der Waals surface area contributed by atoms with Crippen molar-refractivity contribution in [1.29, 1.82) is 0 Å². The number of para-hydroxylation sites is 1. The van der Waals surface area contributed by atoms with E-state index in [1.165, 1.54) is 19.1 Å². The predicted octanol–water partition coefficient (Wildman–Crippen LogP) is 4.61. The number of esters is 1. The molecule has 3 rings (SSSR count). The van der Waals surface area contributed by atoms with E-state index in [-0.39, 0.29) is 29.2 Å². The lowest BCUT2D eigenvalue weighted by molar-refractivity contribution is -0.138. The Kier molecular flexibility index (Phi) is 7.98. The summed E-state index contributed by atoms with van der Waals surface area (Å²) in [5.74, 6) is -1.59. The minimum Gasteiger partial charge on any atom is -0.452 e. The molecular formula is C25H29FN2O4. The average molecular weight is 441 g/mol. The van der Waals surface area contributed by atoms with Gasteiger partial charge in [-0.25, -0.2) is 9.18 Å². The monoisotopic (exact) mass is 440 g/mol. The zero-order valence-electron chi connectivity index (χ0n) is 18.5. The van der Waals surface area contributed by atoms with Crippen LogP contribution in [0.4, 0.5) is 10.1 Å². The van der Waals surface area contributed by atoms with Gasteiger partial charge in [0.25, 0.3) is 5.91 Å². The molecule has 0 unspecified atom stereocenters. The van der Waals surface area contributed by atoms with Crippen molar-refractivity contribution in [3.63, 3.8) is 0 Å². The van der Waals surface area contributed by atoms with Crippen LogP contribution in [-0.2, 0) is 20.9 Å². The topological polar surface area (TPSA) is 75.7 Å². The quantitative estimate of drug-likeness (QED) is 0.638. The molecule has 0 atom stereocenters. The molecule has 6 nitrogen and oxygen atoms in total. The van der Waals surface area contributed by atoms with Gasteiger partial charge < -0.3 is 15.0 Å². The molecule has 0 heterocycles. The van der Waals surface area contributed by atoms with Crippen LogP contribution < -0.4 is 5.32 Å². The number of carbonyl (C=O) groups is 3. The summed E-state index contributed by atoms with van der Waals surface area (Å²) in [6.45, 7) is 3.08. The first-order valence-corrected chi connectivity index (χ1v) is 10.9. The Labute approximate surface area is 187 Å². The molecule has 1 N–H and O–H groups in total. The summed E-state index contributed by atoms with van der Waals surface area (Å²) in [4.78, 5) is 39.1. The highest BCUT2D eigenvalue weighted by molar-refractivity contribution is 6.02. The molecule has 1 saturated carbocycles. The highest BCUT2D eigenvalue weighted by Crippen LogP contribution is 2.25. The largest absolute Gasteiger partial charge is 0.452 e. The van der Waals surface area contributed by atoms with E-state index >= 15 is 0 Å². The molecule has 170 valence electrons. The minimum atomic E-state index is -0.670. The molecule has 0 radical (unpaired) electrons. The smallest absolute Gasteiger partial charge is 0.340 e. The van der Waals surface area contributed by atoms with Crippen molar-refractivity contribution in [2.75, 3.05) is 11.9 Å². The molecular weight excluding hydrogens is 411 g/mol. The van der Waals surface area contributed by atoms with Gasteiger partial charge in [0.15, 0.2) is 6.61 Å². The number of halogens is 1. The molecule has 0 aromatic heterocycles. The second-order valence-electron chi connectivity index (χ2n) is 8.19. The van der Waals surface area contributed by atoms with Gasteiger partial charge in [0.1, 0.15) is 5.82 Å². The SMILES string of the molecule is CC(=O)Nc1c(C)cccc1C(=O)OCC(=O)N(Cc1ccc(F)cc1)C1CCCCC1. The lowest BCUT2D eigenvalue weighted by Crippen LogP contribution is -2.43. The molecule has 7 heteroatoms. The molecule has 1 aliphatic rings. The van der Waals surface area contributed by atoms with Crippen molar-refractivity contribution < 1.29 is 23.5 Å². The van der Waals surface area contributed by atoms with Crippen LogP contribution in [0.15, 0.2) is 42.5 Å². The highest BCUT2D eigenvalue weighted by atomic mass is 19.1. The number of anilines is 1. The van der Waals surface area contributed by atoms with E-state index in [2.05, 4.69) is 5.32 Å². The van der Waals surface area contributed by atoms with Crippen molar-refractivity contribution in [2.45, 2.75) is 58.5 Å². The van der Waals surface area contributed by atoms with E-state index in [1.54, 1.807) is 42.2 Å². The molecule has 1 fully saturated rings.